The minimum atomic E-state index is 0.755. The highest BCUT2D eigenvalue weighted by atomic mass is 15.2. The van der Waals surface area contributed by atoms with Crippen molar-refractivity contribution in [3.63, 3.8) is 0 Å². The van der Waals surface area contributed by atoms with Crippen LogP contribution in [0.2, 0.25) is 0 Å². The molecule has 0 aromatic carbocycles. The number of likely N-dealkylation sites (N-methyl/N-ethyl adjacent to an activating group) is 1. The molecule has 3 heteroatoms. The first kappa shape index (κ1) is 14.3. The second kappa shape index (κ2) is 6.88. The summed E-state index contributed by atoms with van der Waals surface area (Å²) in [6, 6.07) is 1.54. The van der Waals surface area contributed by atoms with Crippen LogP contribution in [-0.2, 0) is 0 Å². The topological polar surface area (TPSA) is 18.5 Å². The van der Waals surface area contributed by atoms with Crippen LogP contribution in [0.25, 0.3) is 0 Å². The lowest BCUT2D eigenvalue weighted by Gasteiger charge is -2.29. The molecule has 1 N–H and O–H groups in total. The van der Waals surface area contributed by atoms with Gasteiger partial charge >= 0.3 is 0 Å². The first-order valence-corrected chi connectivity index (χ1v) is 7.76. The van der Waals surface area contributed by atoms with Gasteiger partial charge in [0.25, 0.3) is 0 Å². The molecule has 3 atom stereocenters. The van der Waals surface area contributed by atoms with Crippen molar-refractivity contribution in [2.45, 2.75) is 50.6 Å². The standard InChI is InChI=1S/C15H31N3/c1-16-15-8-6-4-5-7-13(15)11-18-10-9-14(12-18)17(2)3/h13-16H,4-12H2,1-3H3. The summed E-state index contributed by atoms with van der Waals surface area (Å²) in [4.78, 5) is 5.09. The number of hydrogen-bond acceptors (Lipinski definition) is 3. The quantitative estimate of drug-likeness (QED) is 0.771. The van der Waals surface area contributed by atoms with E-state index in [0.717, 1.165) is 18.0 Å². The van der Waals surface area contributed by atoms with Gasteiger partial charge in [-0.05, 0) is 52.9 Å². The number of nitrogens with one attached hydrogen (secondary N) is 1. The monoisotopic (exact) mass is 253 g/mol. The number of nitrogens with zero attached hydrogens (tertiary/aromatic N) is 2. The van der Waals surface area contributed by atoms with E-state index in [1.807, 2.05) is 0 Å². The minimum absolute atomic E-state index is 0.755. The molecule has 1 heterocycles. The lowest BCUT2D eigenvalue weighted by atomic mass is 9.94. The Morgan fingerprint density at radius 1 is 1.11 bits per heavy atom. The average molecular weight is 253 g/mol. The molecule has 3 nitrogen and oxygen atoms in total. The van der Waals surface area contributed by atoms with Crippen molar-refractivity contribution in [2.75, 3.05) is 40.8 Å². The van der Waals surface area contributed by atoms with Crippen molar-refractivity contribution in [1.29, 1.82) is 0 Å². The Balaban J connectivity index is 1.84. The lowest BCUT2D eigenvalue weighted by molar-refractivity contribution is 0.211. The maximum atomic E-state index is 3.56. The third-order valence-electron chi connectivity index (χ3n) is 5.00. The second-order valence-electron chi connectivity index (χ2n) is 6.46. The van der Waals surface area contributed by atoms with Crippen LogP contribution in [0.5, 0.6) is 0 Å². The molecule has 0 bridgehead atoms. The van der Waals surface area contributed by atoms with E-state index in [2.05, 4.69) is 36.3 Å². The number of rotatable bonds is 4. The number of likely N-dealkylation sites (tertiary alicyclic amines) is 1. The van der Waals surface area contributed by atoms with E-state index in [0.29, 0.717) is 0 Å². The predicted molar refractivity (Wildman–Crippen MR) is 78.0 cm³/mol. The van der Waals surface area contributed by atoms with Gasteiger partial charge in [0.2, 0.25) is 0 Å². The zero-order valence-corrected chi connectivity index (χ0v) is 12.5. The van der Waals surface area contributed by atoms with Gasteiger partial charge in [-0.25, -0.2) is 0 Å². The maximum Gasteiger partial charge on any atom is 0.0229 e. The predicted octanol–water partition coefficient (Wildman–Crippen LogP) is 1.79. The third-order valence-corrected chi connectivity index (χ3v) is 5.00. The highest BCUT2D eigenvalue weighted by Gasteiger charge is 2.29. The lowest BCUT2D eigenvalue weighted by Crippen LogP contribution is -2.41. The van der Waals surface area contributed by atoms with Crippen molar-refractivity contribution in [2.24, 2.45) is 5.92 Å². The molecule has 0 aromatic heterocycles. The molecule has 0 amide bonds. The summed E-state index contributed by atoms with van der Waals surface area (Å²) in [7, 11) is 6.59. The second-order valence-corrected chi connectivity index (χ2v) is 6.46. The third kappa shape index (κ3) is 3.69. The summed E-state index contributed by atoms with van der Waals surface area (Å²) < 4.78 is 0. The molecular weight excluding hydrogens is 222 g/mol. The van der Waals surface area contributed by atoms with Gasteiger partial charge in [0, 0.05) is 25.2 Å². The Kier molecular flexibility index (Phi) is 5.46. The maximum absolute atomic E-state index is 3.56. The van der Waals surface area contributed by atoms with Crippen LogP contribution in [-0.4, -0.2) is 62.7 Å². The zero-order valence-electron chi connectivity index (χ0n) is 12.5. The molecule has 0 radical (unpaired) electrons. The highest BCUT2D eigenvalue weighted by Crippen LogP contribution is 2.26. The van der Waals surface area contributed by atoms with Crippen LogP contribution in [0.15, 0.2) is 0 Å². The van der Waals surface area contributed by atoms with E-state index in [9.17, 15) is 0 Å². The molecule has 1 saturated carbocycles. The van der Waals surface area contributed by atoms with Gasteiger partial charge in [0.05, 0.1) is 0 Å². The Labute approximate surface area is 113 Å². The molecular formula is C15H31N3. The Hall–Kier alpha value is -0.120. The Morgan fingerprint density at radius 2 is 1.89 bits per heavy atom. The Morgan fingerprint density at radius 3 is 2.56 bits per heavy atom. The summed E-state index contributed by atoms with van der Waals surface area (Å²) >= 11 is 0. The molecule has 3 unspecified atom stereocenters. The van der Waals surface area contributed by atoms with Crippen LogP contribution in [0.1, 0.15) is 38.5 Å². The molecule has 2 rings (SSSR count). The van der Waals surface area contributed by atoms with Crippen molar-refractivity contribution in [3.8, 4) is 0 Å². The summed E-state index contributed by atoms with van der Waals surface area (Å²) in [6.07, 6.45) is 8.45. The normalized spacial score (nSPS) is 35.0. The van der Waals surface area contributed by atoms with Gasteiger partial charge in [0.1, 0.15) is 0 Å². The molecule has 18 heavy (non-hydrogen) atoms. The largest absolute Gasteiger partial charge is 0.317 e. The van der Waals surface area contributed by atoms with Crippen LogP contribution in [0, 0.1) is 5.92 Å². The fraction of sp³-hybridized carbons (Fsp3) is 1.00. The smallest absolute Gasteiger partial charge is 0.0229 e. The van der Waals surface area contributed by atoms with Crippen molar-refractivity contribution in [1.82, 2.24) is 15.1 Å². The molecule has 106 valence electrons. The molecule has 2 aliphatic rings. The van der Waals surface area contributed by atoms with Crippen LogP contribution in [0.4, 0.5) is 0 Å². The summed E-state index contributed by atoms with van der Waals surface area (Å²) in [6.45, 7) is 3.89. The molecule has 1 saturated heterocycles. The van der Waals surface area contributed by atoms with E-state index < -0.39 is 0 Å². The highest BCUT2D eigenvalue weighted by molar-refractivity contribution is 4.86. The number of hydrogen-bond donors (Lipinski definition) is 1. The summed E-state index contributed by atoms with van der Waals surface area (Å²) in [5, 5.41) is 3.56. The van der Waals surface area contributed by atoms with E-state index in [1.54, 1.807) is 0 Å². The van der Waals surface area contributed by atoms with Gasteiger partial charge in [-0.1, -0.05) is 19.3 Å². The first-order valence-electron chi connectivity index (χ1n) is 7.76. The van der Waals surface area contributed by atoms with E-state index in [-0.39, 0.29) is 0 Å². The van der Waals surface area contributed by atoms with Crippen LogP contribution in [0.3, 0.4) is 0 Å². The minimum Gasteiger partial charge on any atom is -0.317 e. The van der Waals surface area contributed by atoms with Crippen molar-refractivity contribution < 1.29 is 0 Å². The van der Waals surface area contributed by atoms with Gasteiger partial charge in [-0.15, -0.1) is 0 Å². The van der Waals surface area contributed by atoms with Crippen molar-refractivity contribution >= 4 is 0 Å². The van der Waals surface area contributed by atoms with Crippen LogP contribution >= 0.6 is 0 Å². The molecule has 0 aromatic rings. The fourth-order valence-electron chi connectivity index (χ4n) is 3.71. The van der Waals surface area contributed by atoms with Gasteiger partial charge < -0.3 is 15.1 Å². The van der Waals surface area contributed by atoms with Crippen LogP contribution < -0.4 is 5.32 Å². The summed E-state index contributed by atoms with van der Waals surface area (Å²) in [5.41, 5.74) is 0. The average Bonchev–Trinajstić information content (AvgIpc) is 2.70. The molecule has 1 aliphatic heterocycles. The van der Waals surface area contributed by atoms with Gasteiger partial charge in [-0.2, -0.15) is 0 Å². The van der Waals surface area contributed by atoms with Gasteiger partial charge in [0.15, 0.2) is 0 Å². The molecule has 0 spiro atoms. The Bertz CT molecular complexity index is 242. The van der Waals surface area contributed by atoms with E-state index in [4.69, 9.17) is 0 Å². The fourth-order valence-corrected chi connectivity index (χ4v) is 3.71. The SMILES string of the molecule is CNC1CCCCCC1CN1CCC(N(C)C)C1. The summed E-state index contributed by atoms with van der Waals surface area (Å²) in [5.74, 6) is 0.874. The molecule has 1 aliphatic carbocycles. The van der Waals surface area contributed by atoms with Gasteiger partial charge in [-0.3, -0.25) is 0 Å². The van der Waals surface area contributed by atoms with E-state index in [1.165, 1.54) is 58.2 Å². The first-order chi connectivity index (χ1) is 8.70. The zero-order chi connectivity index (χ0) is 13.0. The van der Waals surface area contributed by atoms with E-state index >= 15 is 0 Å². The molecule has 2 fully saturated rings. The van der Waals surface area contributed by atoms with Crippen molar-refractivity contribution in [3.05, 3.63) is 0 Å².